The number of cyclic esters (lactones) is 1. The number of nitrogens with one attached hydrogen (secondary N) is 1. The molecule has 1 aromatic rings. The third-order valence-electron chi connectivity index (χ3n) is 9.48. The van der Waals surface area contributed by atoms with Gasteiger partial charge in [-0.25, -0.2) is 0 Å². The van der Waals surface area contributed by atoms with Gasteiger partial charge in [0, 0.05) is 19.5 Å². The first-order valence-corrected chi connectivity index (χ1v) is 16.5. The first kappa shape index (κ1) is 32.9. The third kappa shape index (κ3) is 6.58. The molecular weight excluding hydrogens is 574 g/mol. The summed E-state index contributed by atoms with van der Waals surface area (Å²) in [6.07, 6.45) is 10.5. The number of hydrogen-bond donors (Lipinski definition) is 2. The summed E-state index contributed by atoms with van der Waals surface area (Å²) in [6, 6.07) is 6.99. The highest BCUT2D eigenvalue weighted by atomic mass is 16.5. The maximum Gasteiger partial charge on any atom is 0.306 e. The minimum Gasteiger partial charge on any atom is -0.463 e. The zero-order valence-corrected chi connectivity index (χ0v) is 26.6. The van der Waals surface area contributed by atoms with Crippen molar-refractivity contribution in [3.05, 3.63) is 60.2 Å². The fourth-order valence-electron chi connectivity index (χ4n) is 7.36. The minimum atomic E-state index is -1.33. The zero-order valence-electron chi connectivity index (χ0n) is 26.6. The van der Waals surface area contributed by atoms with E-state index in [4.69, 9.17) is 9.47 Å². The van der Waals surface area contributed by atoms with Crippen molar-refractivity contribution >= 4 is 23.7 Å². The van der Waals surface area contributed by atoms with Crippen LogP contribution in [-0.2, 0) is 28.7 Å². The lowest BCUT2D eigenvalue weighted by Gasteiger charge is -2.39. The molecule has 0 aliphatic carbocycles. The van der Waals surface area contributed by atoms with E-state index in [-0.39, 0.29) is 43.3 Å². The Morgan fingerprint density at radius 1 is 1.07 bits per heavy atom. The topological polar surface area (TPSA) is 125 Å². The quantitative estimate of drug-likeness (QED) is 0.246. The van der Waals surface area contributed by atoms with Crippen LogP contribution in [0.1, 0.15) is 70.9 Å². The highest BCUT2D eigenvalue weighted by Gasteiger charge is 2.73. The summed E-state index contributed by atoms with van der Waals surface area (Å²) in [4.78, 5) is 59.3. The average molecular weight is 622 g/mol. The number of rotatable bonds is 9. The van der Waals surface area contributed by atoms with E-state index in [0.29, 0.717) is 25.9 Å². The predicted octanol–water partition coefficient (Wildman–Crippen LogP) is 3.31. The van der Waals surface area contributed by atoms with Gasteiger partial charge < -0.3 is 29.7 Å². The van der Waals surface area contributed by atoms with E-state index in [9.17, 15) is 24.3 Å². The molecule has 4 aliphatic rings. The highest BCUT2D eigenvalue weighted by Crippen LogP contribution is 2.56. The second kappa shape index (κ2) is 14.3. The van der Waals surface area contributed by atoms with Gasteiger partial charge in [-0.15, -0.1) is 0 Å². The summed E-state index contributed by atoms with van der Waals surface area (Å²) in [5.74, 6) is -3.08. The second-order valence-electron chi connectivity index (χ2n) is 13.1. The lowest BCUT2D eigenvalue weighted by Crippen LogP contribution is -2.58. The number of likely N-dealkylation sites (tertiary alicyclic amines) is 1. The van der Waals surface area contributed by atoms with Crippen LogP contribution in [0.5, 0.6) is 0 Å². The Hall–Kier alpha value is -3.50. The number of amides is 3. The van der Waals surface area contributed by atoms with Crippen LogP contribution in [0.3, 0.4) is 0 Å². The molecule has 2 saturated heterocycles. The Labute approximate surface area is 265 Å². The van der Waals surface area contributed by atoms with Crippen LogP contribution in [0.2, 0.25) is 0 Å². The van der Waals surface area contributed by atoms with Gasteiger partial charge in [-0.2, -0.15) is 0 Å². The van der Waals surface area contributed by atoms with Gasteiger partial charge >= 0.3 is 5.97 Å². The Balaban J connectivity index is 1.57. The molecule has 4 heterocycles. The minimum absolute atomic E-state index is 0.0600. The number of esters is 1. The van der Waals surface area contributed by atoms with Crippen molar-refractivity contribution in [2.45, 2.75) is 89.1 Å². The van der Waals surface area contributed by atoms with E-state index in [1.54, 1.807) is 17.1 Å². The summed E-state index contributed by atoms with van der Waals surface area (Å²) in [5.41, 5.74) is -0.570. The molecule has 7 atom stereocenters. The van der Waals surface area contributed by atoms with Crippen molar-refractivity contribution < 1.29 is 33.8 Å². The third-order valence-corrected chi connectivity index (χ3v) is 9.48. The fraction of sp³-hybridized carbons (Fsp3) is 0.600. The Kier molecular flexibility index (Phi) is 10.4. The number of unbranched alkanes of at least 4 members (excludes halogenated alkanes) is 2. The smallest absolute Gasteiger partial charge is 0.306 e. The van der Waals surface area contributed by atoms with E-state index in [1.807, 2.05) is 56.3 Å². The average Bonchev–Trinajstić information content (AvgIpc) is 3.67. The van der Waals surface area contributed by atoms with Gasteiger partial charge in [0.15, 0.2) is 0 Å². The van der Waals surface area contributed by atoms with Crippen LogP contribution < -0.4 is 5.32 Å². The molecule has 1 aromatic carbocycles. The van der Waals surface area contributed by atoms with Crippen molar-refractivity contribution in [2.75, 3.05) is 26.3 Å². The molecular formula is C35H47N3O7. The Bertz CT molecular complexity index is 1300. The summed E-state index contributed by atoms with van der Waals surface area (Å²) < 4.78 is 12.2. The monoisotopic (exact) mass is 621 g/mol. The van der Waals surface area contributed by atoms with Crippen molar-refractivity contribution in [3.8, 4) is 0 Å². The number of nitrogens with zero attached hydrogens (tertiary/aromatic N) is 2. The first-order valence-electron chi connectivity index (χ1n) is 16.5. The lowest BCUT2D eigenvalue weighted by molar-refractivity contribution is -0.151. The number of hydrogen-bond acceptors (Lipinski definition) is 7. The standard InChI is InChI=1S/C35H47N3O7/c1-4-5-11-18-37-19-12-7-10-15-28(40)44-22-26(24-13-8-6-9-14-24)36-32(41)29-27-16-17-35(45-27)30(29)33(42)38(31(35)34(37)43)25(21-39)20-23(2)3/h6-9,12-14,16-17,23,25-27,29-31,39H,4-5,10-11,15,18-22H2,1-3H3,(H,36,41)/b12-7-/t25-,26-,27-,29+,30+,31-,35+/m1/s1. The van der Waals surface area contributed by atoms with Crippen LogP contribution in [0.15, 0.2) is 54.6 Å². The SMILES string of the molecule is CCCCCN1C/C=C\CCC(=O)OC[C@H](c2ccccc2)NC(=O)[C@@H]2[C@H]3C(=O)N([C@@H](CO)CC(C)C)[C@H](C1=O)[C@]31C=C[C@H]2O1. The van der Waals surface area contributed by atoms with Crippen LogP contribution >= 0.6 is 0 Å². The number of ether oxygens (including phenoxy) is 2. The molecule has 10 nitrogen and oxygen atoms in total. The zero-order chi connectivity index (χ0) is 32.1. The Morgan fingerprint density at radius 2 is 1.84 bits per heavy atom. The van der Waals surface area contributed by atoms with Crippen LogP contribution in [0.25, 0.3) is 0 Å². The van der Waals surface area contributed by atoms with E-state index in [1.165, 1.54) is 4.90 Å². The van der Waals surface area contributed by atoms with Gasteiger partial charge in [0.25, 0.3) is 0 Å². The molecule has 0 saturated carbocycles. The number of benzene rings is 1. The molecule has 2 fully saturated rings. The molecule has 0 radical (unpaired) electrons. The predicted molar refractivity (Wildman–Crippen MR) is 167 cm³/mol. The van der Waals surface area contributed by atoms with E-state index in [0.717, 1.165) is 24.8 Å². The van der Waals surface area contributed by atoms with Gasteiger partial charge in [0.2, 0.25) is 17.7 Å². The van der Waals surface area contributed by atoms with Crippen LogP contribution in [-0.4, -0.2) is 88.7 Å². The lowest BCUT2D eigenvalue weighted by atomic mass is 9.74. The number of allylic oxidation sites excluding steroid dienone is 1. The van der Waals surface area contributed by atoms with Gasteiger partial charge in [-0.1, -0.05) is 88.2 Å². The van der Waals surface area contributed by atoms with Crippen molar-refractivity contribution in [1.82, 2.24) is 15.1 Å². The molecule has 45 heavy (non-hydrogen) atoms. The van der Waals surface area contributed by atoms with Crippen LogP contribution in [0.4, 0.5) is 0 Å². The van der Waals surface area contributed by atoms with Crippen LogP contribution in [0, 0.1) is 17.8 Å². The van der Waals surface area contributed by atoms with E-state index in [2.05, 4.69) is 12.2 Å². The molecule has 5 rings (SSSR count). The molecule has 2 N–H and O–H groups in total. The molecule has 0 aromatic heterocycles. The molecule has 244 valence electrons. The van der Waals surface area contributed by atoms with Gasteiger partial charge in [-0.3, -0.25) is 19.2 Å². The molecule has 5 bridgehead atoms. The van der Waals surface area contributed by atoms with E-state index >= 15 is 0 Å². The van der Waals surface area contributed by atoms with Gasteiger partial charge in [0.05, 0.1) is 36.6 Å². The van der Waals surface area contributed by atoms with Gasteiger partial charge in [-0.05, 0) is 30.7 Å². The molecule has 3 amide bonds. The normalized spacial score (nSPS) is 31.7. The Morgan fingerprint density at radius 3 is 2.56 bits per heavy atom. The summed E-state index contributed by atoms with van der Waals surface area (Å²) in [7, 11) is 0. The molecule has 4 aliphatic heterocycles. The summed E-state index contributed by atoms with van der Waals surface area (Å²) >= 11 is 0. The number of aliphatic hydroxyl groups is 1. The van der Waals surface area contributed by atoms with Gasteiger partial charge in [0.1, 0.15) is 18.2 Å². The number of carbonyl (C=O) groups is 4. The maximum absolute atomic E-state index is 14.7. The maximum atomic E-state index is 14.7. The number of aliphatic hydroxyl groups excluding tert-OH is 1. The number of fused-ring (bicyclic) bond motifs is 2. The van der Waals surface area contributed by atoms with E-state index < -0.39 is 47.6 Å². The molecule has 10 heteroatoms. The van der Waals surface area contributed by atoms with Crippen molar-refractivity contribution in [3.63, 3.8) is 0 Å². The van der Waals surface area contributed by atoms with Crippen molar-refractivity contribution in [1.29, 1.82) is 0 Å². The highest BCUT2D eigenvalue weighted by molar-refractivity contribution is 6.00. The summed E-state index contributed by atoms with van der Waals surface area (Å²) in [5, 5.41) is 13.6. The number of carbonyl (C=O) groups excluding carboxylic acids is 4. The summed E-state index contributed by atoms with van der Waals surface area (Å²) in [6.45, 7) is 6.55. The first-order chi connectivity index (χ1) is 21.7. The second-order valence-corrected chi connectivity index (χ2v) is 13.1. The molecule has 1 spiro atoms. The fourth-order valence-corrected chi connectivity index (χ4v) is 7.36. The largest absolute Gasteiger partial charge is 0.463 e. The van der Waals surface area contributed by atoms with Crippen molar-refractivity contribution in [2.24, 2.45) is 17.8 Å². The molecule has 0 unspecified atom stereocenters.